The van der Waals surface area contributed by atoms with E-state index in [1.54, 1.807) is 6.92 Å². The molecular formula is C8H15NO4S. The lowest BCUT2D eigenvalue weighted by Gasteiger charge is -2.05. The van der Waals surface area contributed by atoms with E-state index in [2.05, 4.69) is 16.0 Å². The van der Waals surface area contributed by atoms with Crippen LogP contribution in [0.1, 0.15) is 13.3 Å². The molecular weight excluding hydrogens is 206 g/mol. The highest BCUT2D eigenvalue weighted by Crippen LogP contribution is 1.93. The number of esters is 1. The van der Waals surface area contributed by atoms with Gasteiger partial charge < -0.3 is 4.74 Å². The van der Waals surface area contributed by atoms with E-state index < -0.39 is 16.0 Å². The third-order valence-corrected chi connectivity index (χ3v) is 2.72. The molecule has 0 aromatic heterocycles. The quantitative estimate of drug-likeness (QED) is 0.508. The van der Waals surface area contributed by atoms with Crippen LogP contribution in [-0.4, -0.2) is 33.8 Å². The average molecular weight is 221 g/mol. The van der Waals surface area contributed by atoms with Gasteiger partial charge in [-0.15, -0.1) is 0 Å². The number of sulfonamides is 1. The Morgan fingerprint density at radius 1 is 1.50 bits per heavy atom. The van der Waals surface area contributed by atoms with Crippen molar-refractivity contribution in [1.82, 2.24) is 4.72 Å². The van der Waals surface area contributed by atoms with Crippen LogP contribution in [0, 0.1) is 0 Å². The number of nitrogens with one attached hydrogen (secondary N) is 1. The number of carbonyl (C=O) groups is 1. The standard InChI is InChI=1S/C8H15NO4S/c1-7(2)6-9-14(11,12)5-4-8(10)13-3/h9H,1,4-6H2,2-3H3. The monoisotopic (exact) mass is 221 g/mol. The number of methoxy groups -OCH3 is 1. The number of hydrogen-bond donors (Lipinski definition) is 1. The molecule has 14 heavy (non-hydrogen) atoms. The molecule has 0 rings (SSSR count). The van der Waals surface area contributed by atoms with Gasteiger partial charge >= 0.3 is 5.97 Å². The molecule has 0 atom stereocenters. The van der Waals surface area contributed by atoms with Crippen LogP contribution in [0.4, 0.5) is 0 Å². The Balaban J connectivity index is 3.96. The van der Waals surface area contributed by atoms with Crippen LogP contribution in [0.5, 0.6) is 0 Å². The van der Waals surface area contributed by atoms with E-state index >= 15 is 0 Å². The zero-order chi connectivity index (χ0) is 11.2. The molecule has 6 heteroatoms. The van der Waals surface area contributed by atoms with Gasteiger partial charge in [0.15, 0.2) is 0 Å². The van der Waals surface area contributed by atoms with Crippen molar-refractivity contribution in [2.45, 2.75) is 13.3 Å². The van der Waals surface area contributed by atoms with Gasteiger partial charge in [-0.3, -0.25) is 4.79 Å². The summed E-state index contributed by atoms with van der Waals surface area (Å²) in [6.45, 7) is 5.46. The van der Waals surface area contributed by atoms with E-state index in [0.29, 0.717) is 5.57 Å². The Labute approximate surface area is 84.2 Å². The third-order valence-electron chi connectivity index (χ3n) is 1.40. The van der Waals surface area contributed by atoms with Crippen LogP contribution in [0.3, 0.4) is 0 Å². The van der Waals surface area contributed by atoms with Crippen molar-refractivity contribution in [2.24, 2.45) is 0 Å². The molecule has 0 aliphatic heterocycles. The zero-order valence-corrected chi connectivity index (χ0v) is 9.19. The van der Waals surface area contributed by atoms with Crippen LogP contribution in [0.25, 0.3) is 0 Å². The maximum atomic E-state index is 11.2. The lowest BCUT2D eigenvalue weighted by Crippen LogP contribution is -2.28. The molecule has 0 amide bonds. The first kappa shape index (κ1) is 13.1. The molecule has 0 aliphatic carbocycles. The summed E-state index contributed by atoms with van der Waals surface area (Å²) >= 11 is 0. The fraction of sp³-hybridized carbons (Fsp3) is 0.625. The summed E-state index contributed by atoms with van der Waals surface area (Å²) in [4.78, 5) is 10.7. The molecule has 0 aromatic carbocycles. The highest BCUT2D eigenvalue weighted by atomic mass is 32.2. The molecule has 5 nitrogen and oxygen atoms in total. The fourth-order valence-electron chi connectivity index (χ4n) is 0.625. The minimum Gasteiger partial charge on any atom is -0.469 e. The van der Waals surface area contributed by atoms with Crippen LogP contribution >= 0.6 is 0 Å². The van der Waals surface area contributed by atoms with Gasteiger partial charge in [-0.05, 0) is 6.92 Å². The van der Waals surface area contributed by atoms with Crippen molar-refractivity contribution >= 4 is 16.0 Å². The summed E-state index contributed by atoms with van der Waals surface area (Å²) in [6.07, 6.45) is -0.137. The Kier molecular flexibility index (Phi) is 5.40. The highest BCUT2D eigenvalue weighted by Gasteiger charge is 2.12. The van der Waals surface area contributed by atoms with Gasteiger partial charge in [0.05, 0.1) is 19.3 Å². The number of ether oxygens (including phenoxy) is 1. The van der Waals surface area contributed by atoms with E-state index in [4.69, 9.17) is 0 Å². The van der Waals surface area contributed by atoms with Crippen molar-refractivity contribution in [3.8, 4) is 0 Å². The summed E-state index contributed by atoms with van der Waals surface area (Å²) < 4.78 is 29.0. The van der Waals surface area contributed by atoms with Crippen molar-refractivity contribution in [3.05, 3.63) is 12.2 Å². The molecule has 0 saturated carbocycles. The van der Waals surface area contributed by atoms with Gasteiger partial charge in [0, 0.05) is 6.54 Å². The van der Waals surface area contributed by atoms with Gasteiger partial charge in [-0.25, -0.2) is 13.1 Å². The van der Waals surface area contributed by atoms with E-state index in [9.17, 15) is 13.2 Å². The minimum absolute atomic E-state index is 0.137. The SMILES string of the molecule is C=C(C)CNS(=O)(=O)CCC(=O)OC. The highest BCUT2D eigenvalue weighted by molar-refractivity contribution is 7.89. The topological polar surface area (TPSA) is 72.5 Å². The summed E-state index contributed by atoms with van der Waals surface area (Å²) in [6, 6.07) is 0. The second-order valence-electron chi connectivity index (χ2n) is 2.92. The fourth-order valence-corrected chi connectivity index (χ4v) is 1.67. The van der Waals surface area contributed by atoms with Gasteiger partial charge in [-0.1, -0.05) is 12.2 Å². The number of carbonyl (C=O) groups excluding carboxylic acids is 1. The van der Waals surface area contributed by atoms with Gasteiger partial charge in [0.25, 0.3) is 0 Å². The number of rotatable bonds is 6. The molecule has 0 saturated heterocycles. The van der Waals surface area contributed by atoms with E-state index in [0.717, 1.165) is 0 Å². The summed E-state index contributed by atoms with van der Waals surface area (Å²) in [5, 5.41) is 0. The first-order chi connectivity index (χ1) is 6.37. The molecule has 0 unspecified atom stereocenters. The Hall–Kier alpha value is -0.880. The minimum atomic E-state index is -3.39. The van der Waals surface area contributed by atoms with Crippen LogP contribution < -0.4 is 4.72 Å². The Bertz CT molecular complexity index is 307. The Morgan fingerprint density at radius 2 is 2.07 bits per heavy atom. The molecule has 0 radical (unpaired) electrons. The summed E-state index contributed by atoms with van der Waals surface area (Å²) in [7, 11) is -2.17. The van der Waals surface area contributed by atoms with Crippen LogP contribution in [0.2, 0.25) is 0 Å². The predicted molar refractivity (Wildman–Crippen MR) is 53.2 cm³/mol. The third kappa shape index (κ3) is 6.62. The molecule has 0 bridgehead atoms. The molecule has 0 spiro atoms. The van der Waals surface area contributed by atoms with Crippen molar-refractivity contribution in [2.75, 3.05) is 19.4 Å². The second kappa shape index (κ2) is 5.77. The zero-order valence-electron chi connectivity index (χ0n) is 8.37. The van der Waals surface area contributed by atoms with Crippen molar-refractivity contribution < 1.29 is 17.9 Å². The van der Waals surface area contributed by atoms with Crippen molar-refractivity contribution in [1.29, 1.82) is 0 Å². The first-order valence-corrected chi connectivity index (χ1v) is 5.71. The molecule has 1 N–H and O–H groups in total. The van der Waals surface area contributed by atoms with E-state index in [1.165, 1.54) is 7.11 Å². The van der Waals surface area contributed by atoms with E-state index in [-0.39, 0.29) is 18.7 Å². The van der Waals surface area contributed by atoms with Crippen LogP contribution in [-0.2, 0) is 19.6 Å². The smallest absolute Gasteiger partial charge is 0.306 e. The normalized spacial score (nSPS) is 11.0. The Morgan fingerprint density at radius 3 is 2.50 bits per heavy atom. The lowest BCUT2D eigenvalue weighted by molar-refractivity contribution is -0.140. The molecule has 0 heterocycles. The van der Waals surface area contributed by atoms with E-state index in [1.807, 2.05) is 0 Å². The first-order valence-electron chi connectivity index (χ1n) is 4.06. The van der Waals surface area contributed by atoms with Gasteiger partial charge in [-0.2, -0.15) is 0 Å². The van der Waals surface area contributed by atoms with Gasteiger partial charge in [0.1, 0.15) is 0 Å². The number of hydrogen-bond acceptors (Lipinski definition) is 4. The van der Waals surface area contributed by atoms with Crippen molar-refractivity contribution in [3.63, 3.8) is 0 Å². The molecule has 0 fully saturated rings. The summed E-state index contributed by atoms with van der Waals surface area (Å²) in [5.74, 6) is -0.793. The molecule has 82 valence electrons. The molecule has 0 aromatic rings. The molecule has 0 aliphatic rings. The average Bonchev–Trinajstić information content (AvgIpc) is 2.11. The predicted octanol–water partition coefficient (Wildman–Crippen LogP) is 0.0450. The summed E-state index contributed by atoms with van der Waals surface area (Å²) in [5.41, 5.74) is 0.714. The van der Waals surface area contributed by atoms with Crippen LogP contribution in [0.15, 0.2) is 12.2 Å². The van der Waals surface area contributed by atoms with Gasteiger partial charge in [0.2, 0.25) is 10.0 Å². The largest absolute Gasteiger partial charge is 0.469 e. The lowest BCUT2D eigenvalue weighted by atomic mass is 10.4. The second-order valence-corrected chi connectivity index (χ2v) is 4.85. The maximum absolute atomic E-state index is 11.2. The maximum Gasteiger partial charge on any atom is 0.306 e.